The smallest absolute Gasteiger partial charge is 0.0289 e. The lowest BCUT2D eigenvalue weighted by Gasteiger charge is -2.11. The van der Waals surface area contributed by atoms with Gasteiger partial charge in [0.15, 0.2) is 0 Å². The van der Waals surface area contributed by atoms with Crippen LogP contribution in [0.1, 0.15) is 18.5 Å². The average Bonchev–Trinajstić information content (AvgIpc) is 2.27. The lowest BCUT2D eigenvalue weighted by Crippen LogP contribution is -2.11. The molecule has 2 aromatic rings. The summed E-state index contributed by atoms with van der Waals surface area (Å²) < 4.78 is 0. The van der Waals surface area contributed by atoms with E-state index in [0.29, 0.717) is 6.04 Å². The molecule has 2 rings (SSSR count). The van der Waals surface area contributed by atoms with Crippen molar-refractivity contribution < 1.29 is 0 Å². The van der Waals surface area contributed by atoms with Crippen LogP contribution in [0.2, 0.25) is 0 Å². The maximum atomic E-state index is 3.25. The molecule has 0 aliphatic heterocycles. The molecule has 2 aromatic carbocycles. The fraction of sp³-hybridized carbons (Fsp3) is 0.231. The number of hydrogen-bond donors (Lipinski definition) is 1. The first kappa shape index (κ1) is 12.0. The van der Waals surface area contributed by atoms with Gasteiger partial charge in [-0.2, -0.15) is 0 Å². The molecule has 0 saturated heterocycles. The Bertz CT molecular complexity index is 439. The van der Waals surface area contributed by atoms with Crippen molar-refractivity contribution in [1.29, 1.82) is 0 Å². The fourth-order valence-electron chi connectivity index (χ4n) is 1.64. The van der Waals surface area contributed by atoms with Crippen molar-refractivity contribution in [1.82, 2.24) is 5.32 Å². The summed E-state index contributed by atoms with van der Waals surface area (Å²) in [6, 6.07) is 15.5. The molecule has 0 amide bonds. The maximum Gasteiger partial charge on any atom is 0.0289 e. The van der Waals surface area contributed by atoms with Crippen LogP contribution in [0.25, 0.3) is 10.8 Å². The van der Waals surface area contributed by atoms with Crippen LogP contribution in [0.4, 0.5) is 0 Å². The summed E-state index contributed by atoms with van der Waals surface area (Å²) in [7, 11) is 1.99. The molecule has 0 fully saturated rings. The second-order valence-corrected chi connectivity index (χ2v) is 3.62. The third-order valence-electron chi connectivity index (χ3n) is 2.71. The Morgan fingerprint density at radius 2 is 1.67 bits per heavy atom. The Kier molecular flexibility index (Phi) is 4.13. The van der Waals surface area contributed by atoms with E-state index in [1.54, 1.807) is 0 Å². The van der Waals surface area contributed by atoms with Gasteiger partial charge in [0.25, 0.3) is 0 Å². The zero-order valence-corrected chi connectivity index (χ0v) is 9.84. The minimum absolute atomic E-state index is 0. The van der Waals surface area contributed by atoms with Gasteiger partial charge in [0, 0.05) is 6.04 Å². The molecule has 0 radical (unpaired) electrons. The van der Waals surface area contributed by atoms with Crippen LogP contribution in [-0.4, -0.2) is 7.05 Å². The normalized spacial score (nSPS) is 12.1. The molecule has 0 saturated carbocycles. The van der Waals surface area contributed by atoms with Gasteiger partial charge in [-0.25, -0.2) is 0 Å². The van der Waals surface area contributed by atoms with Gasteiger partial charge in [-0.15, -0.1) is 12.4 Å². The van der Waals surface area contributed by atoms with Gasteiger partial charge in [-0.05, 0) is 36.4 Å². The van der Waals surface area contributed by atoms with E-state index in [1.807, 2.05) is 7.05 Å². The van der Waals surface area contributed by atoms with Crippen LogP contribution in [0.15, 0.2) is 42.5 Å². The molecular formula is C13H16ClN. The lowest BCUT2D eigenvalue weighted by molar-refractivity contribution is 0.653. The SMILES string of the molecule is CN[C@H](C)c1ccc2ccccc2c1.Cl. The molecule has 0 unspecified atom stereocenters. The molecule has 0 bridgehead atoms. The average molecular weight is 222 g/mol. The first-order chi connectivity index (χ1) is 6.81. The highest BCUT2D eigenvalue weighted by Crippen LogP contribution is 2.19. The molecule has 0 aromatic heterocycles. The van der Waals surface area contributed by atoms with E-state index >= 15 is 0 Å². The third kappa shape index (κ3) is 2.49. The molecule has 0 aliphatic rings. The van der Waals surface area contributed by atoms with E-state index in [2.05, 4.69) is 54.7 Å². The molecule has 15 heavy (non-hydrogen) atoms. The molecule has 1 nitrogen and oxygen atoms in total. The zero-order valence-electron chi connectivity index (χ0n) is 9.03. The van der Waals surface area contributed by atoms with Gasteiger partial charge in [-0.3, -0.25) is 0 Å². The Labute approximate surface area is 96.9 Å². The Morgan fingerprint density at radius 1 is 1.00 bits per heavy atom. The fourth-order valence-corrected chi connectivity index (χ4v) is 1.64. The summed E-state index contributed by atoms with van der Waals surface area (Å²) in [5.74, 6) is 0. The van der Waals surface area contributed by atoms with Gasteiger partial charge in [0.2, 0.25) is 0 Å². The van der Waals surface area contributed by atoms with Crippen molar-refractivity contribution >= 4 is 23.2 Å². The number of hydrogen-bond acceptors (Lipinski definition) is 1. The minimum atomic E-state index is 0. The van der Waals surface area contributed by atoms with Crippen LogP contribution in [0.5, 0.6) is 0 Å². The molecule has 0 aliphatic carbocycles. The van der Waals surface area contributed by atoms with E-state index in [0.717, 1.165) is 0 Å². The number of fused-ring (bicyclic) bond motifs is 1. The number of benzene rings is 2. The summed E-state index contributed by atoms with van der Waals surface area (Å²) in [4.78, 5) is 0. The standard InChI is InChI=1S/C13H15N.ClH/c1-10(14-2)12-8-7-11-5-3-4-6-13(11)9-12;/h3-10,14H,1-2H3;1H/t10-;/m1./s1. The summed E-state index contributed by atoms with van der Waals surface area (Å²) in [6.07, 6.45) is 0. The highest BCUT2D eigenvalue weighted by molar-refractivity contribution is 5.85. The van der Waals surface area contributed by atoms with E-state index in [-0.39, 0.29) is 12.4 Å². The maximum absolute atomic E-state index is 3.25. The van der Waals surface area contributed by atoms with Crippen molar-refractivity contribution in [3.05, 3.63) is 48.0 Å². The van der Waals surface area contributed by atoms with E-state index in [4.69, 9.17) is 0 Å². The second kappa shape index (κ2) is 5.15. The van der Waals surface area contributed by atoms with Gasteiger partial charge in [0.1, 0.15) is 0 Å². The highest BCUT2D eigenvalue weighted by Gasteiger charge is 2.02. The van der Waals surface area contributed by atoms with Crippen molar-refractivity contribution in [3.63, 3.8) is 0 Å². The van der Waals surface area contributed by atoms with Crippen molar-refractivity contribution in [3.8, 4) is 0 Å². The molecule has 1 atom stereocenters. The largest absolute Gasteiger partial charge is 0.313 e. The van der Waals surface area contributed by atoms with Crippen LogP contribution in [-0.2, 0) is 0 Å². The first-order valence-electron chi connectivity index (χ1n) is 4.97. The van der Waals surface area contributed by atoms with E-state index in [9.17, 15) is 0 Å². The third-order valence-corrected chi connectivity index (χ3v) is 2.71. The van der Waals surface area contributed by atoms with Gasteiger partial charge < -0.3 is 5.32 Å². The van der Waals surface area contributed by atoms with Crippen LogP contribution >= 0.6 is 12.4 Å². The van der Waals surface area contributed by atoms with Crippen molar-refractivity contribution in [2.45, 2.75) is 13.0 Å². The van der Waals surface area contributed by atoms with Crippen LogP contribution in [0.3, 0.4) is 0 Å². The molecule has 2 heteroatoms. The van der Waals surface area contributed by atoms with Crippen molar-refractivity contribution in [2.24, 2.45) is 0 Å². The lowest BCUT2D eigenvalue weighted by atomic mass is 10.0. The van der Waals surface area contributed by atoms with E-state index in [1.165, 1.54) is 16.3 Å². The quantitative estimate of drug-likeness (QED) is 0.818. The Morgan fingerprint density at radius 3 is 2.33 bits per heavy atom. The van der Waals surface area contributed by atoms with Gasteiger partial charge >= 0.3 is 0 Å². The Hall–Kier alpha value is -1.05. The summed E-state index contributed by atoms with van der Waals surface area (Å²) in [5.41, 5.74) is 1.34. The second-order valence-electron chi connectivity index (χ2n) is 3.62. The topological polar surface area (TPSA) is 12.0 Å². The number of rotatable bonds is 2. The van der Waals surface area contributed by atoms with Gasteiger partial charge in [-0.1, -0.05) is 36.4 Å². The molecule has 0 spiro atoms. The highest BCUT2D eigenvalue weighted by atomic mass is 35.5. The summed E-state index contributed by atoms with van der Waals surface area (Å²) in [5, 5.41) is 5.86. The zero-order chi connectivity index (χ0) is 9.97. The summed E-state index contributed by atoms with van der Waals surface area (Å²) >= 11 is 0. The van der Waals surface area contributed by atoms with Crippen molar-refractivity contribution in [2.75, 3.05) is 7.05 Å². The number of nitrogens with one attached hydrogen (secondary N) is 1. The van der Waals surface area contributed by atoms with Crippen LogP contribution in [0, 0.1) is 0 Å². The minimum Gasteiger partial charge on any atom is -0.313 e. The molecular weight excluding hydrogens is 206 g/mol. The first-order valence-corrected chi connectivity index (χ1v) is 4.97. The molecule has 80 valence electrons. The molecule has 1 N–H and O–H groups in total. The predicted octanol–water partition coefficient (Wildman–Crippen LogP) is 3.54. The molecule has 0 heterocycles. The number of halogens is 1. The predicted molar refractivity (Wildman–Crippen MR) is 68.7 cm³/mol. The monoisotopic (exact) mass is 221 g/mol. The summed E-state index contributed by atoms with van der Waals surface area (Å²) in [6.45, 7) is 2.17. The van der Waals surface area contributed by atoms with E-state index < -0.39 is 0 Å². The van der Waals surface area contributed by atoms with Gasteiger partial charge in [0.05, 0.1) is 0 Å². The Balaban J connectivity index is 0.00000112. The van der Waals surface area contributed by atoms with Crippen LogP contribution < -0.4 is 5.32 Å².